The molecular weight excluding hydrogens is 376 g/mol. The Balaban J connectivity index is 1.33. The summed E-state index contributed by atoms with van der Waals surface area (Å²) >= 11 is 6.19. The molecule has 4 heterocycles. The normalized spacial score (nSPS) is 29.3. The molecule has 1 aromatic heterocycles. The third kappa shape index (κ3) is 3.76. The monoisotopic (exact) mass is 398 g/mol. The number of hydrogen-bond acceptors (Lipinski definition) is 7. The first-order valence-electron chi connectivity index (χ1n) is 9.29. The third-order valence-electron chi connectivity index (χ3n) is 5.45. The first-order valence-corrected chi connectivity index (χ1v) is 9.67. The van der Waals surface area contributed by atoms with Crippen LogP contribution in [-0.2, 0) is 16.0 Å². The van der Waals surface area contributed by atoms with Crippen molar-refractivity contribution in [3.05, 3.63) is 21.6 Å². The molecule has 0 saturated carbocycles. The summed E-state index contributed by atoms with van der Waals surface area (Å²) in [6.07, 6.45) is 4.74. The van der Waals surface area contributed by atoms with Crippen molar-refractivity contribution in [2.45, 2.75) is 56.6 Å². The molecule has 2 N–H and O–H groups in total. The van der Waals surface area contributed by atoms with E-state index in [0.717, 1.165) is 23.9 Å². The molecule has 0 radical (unpaired) electrons. The van der Waals surface area contributed by atoms with Crippen LogP contribution >= 0.6 is 11.6 Å². The summed E-state index contributed by atoms with van der Waals surface area (Å²) in [6, 6.07) is 0.0338. The molecule has 4 atom stereocenters. The molecular formula is C17H23ClN4O5. The fourth-order valence-electron chi connectivity index (χ4n) is 4.10. The van der Waals surface area contributed by atoms with E-state index in [4.69, 9.17) is 26.2 Å². The Kier molecular flexibility index (Phi) is 5.25. The Morgan fingerprint density at radius 2 is 2.30 bits per heavy atom. The molecule has 1 aromatic rings. The first kappa shape index (κ1) is 18.5. The van der Waals surface area contributed by atoms with Gasteiger partial charge in [-0.2, -0.15) is 5.10 Å². The van der Waals surface area contributed by atoms with Gasteiger partial charge in [0.05, 0.1) is 49.8 Å². The van der Waals surface area contributed by atoms with Gasteiger partial charge < -0.3 is 24.8 Å². The number of aromatic nitrogens is 2. The zero-order chi connectivity index (χ0) is 19.0. The molecule has 0 spiro atoms. The second kappa shape index (κ2) is 7.65. The van der Waals surface area contributed by atoms with E-state index >= 15 is 0 Å². The molecule has 4 rings (SSSR count). The zero-order valence-electron chi connectivity index (χ0n) is 14.8. The number of rotatable bonds is 5. The summed E-state index contributed by atoms with van der Waals surface area (Å²) in [6.45, 7) is 0.966. The molecule has 0 aliphatic carbocycles. The van der Waals surface area contributed by atoms with Crippen LogP contribution in [0.3, 0.4) is 0 Å². The highest BCUT2D eigenvalue weighted by Gasteiger charge is 2.42. The molecule has 1 amide bonds. The Morgan fingerprint density at radius 1 is 1.44 bits per heavy atom. The highest BCUT2D eigenvalue weighted by atomic mass is 35.5. The van der Waals surface area contributed by atoms with Crippen molar-refractivity contribution in [3.8, 4) is 0 Å². The van der Waals surface area contributed by atoms with Crippen molar-refractivity contribution in [1.82, 2.24) is 15.1 Å². The van der Waals surface area contributed by atoms with E-state index in [2.05, 4.69) is 10.4 Å². The Hall–Kier alpha value is -1.84. The molecule has 3 fully saturated rings. The molecule has 3 aliphatic heterocycles. The van der Waals surface area contributed by atoms with Crippen LogP contribution in [0.15, 0.2) is 11.0 Å². The number of alkyl carbamates (subject to hydrolysis) is 1. The van der Waals surface area contributed by atoms with Crippen molar-refractivity contribution in [2.75, 3.05) is 24.6 Å². The van der Waals surface area contributed by atoms with E-state index in [1.165, 1.54) is 6.20 Å². The number of fused-ring (bicyclic) bond motifs is 2. The summed E-state index contributed by atoms with van der Waals surface area (Å²) in [5.74, 6) is 0. The molecule has 3 unspecified atom stereocenters. The van der Waals surface area contributed by atoms with E-state index in [1.807, 2.05) is 4.90 Å². The van der Waals surface area contributed by atoms with Gasteiger partial charge in [-0.3, -0.25) is 4.79 Å². The highest BCUT2D eigenvalue weighted by Crippen LogP contribution is 2.34. The van der Waals surface area contributed by atoms with Gasteiger partial charge in [-0.05, 0) is 19.3 Å². The standard InChI is InChI=1S/C17H23ClN4O5/c18-15-13(8-19-22(5-6-23)16(15)24)21-4-3-11(9-21)27-17(25)20-12-7-10-1-2-14(12)26-10/h8,10-12,14,23H,1-7,9H2,(H,20,25)/t10?,11-,12?,14?/m1/s1. The van der Waals surface area contributed by atoms with Gasteiger partial charge in [0.1, 0.15) is 11.1 Å². The number of nitrogens with one attached hydrogen (secondary N) is 1. The minimum atomic E-state index is -0.443. The summed E-state index contributed by atoms with van der Waals surface area (Å²) in [5.41, 5.74) is 0.0745. The van der Waals surface area contributed by atoms with Gasteiger partial charge in [0.15, 0.2) is 0 Å². The minimum Gasteiger partial charge on any atom is -0.444 e. The van der Waals surface area contributed by atoms with Crippen LogP contribution in [0.25, 0.3) is 0 Å². The van der Waals surface area contributed by atoms with Crippen LogP contribution in [0.1, 0.15) is 25.7 Å². The van der Waals surface area contributed by atoms with Crippen molar-refractivity contribution < 1.29 is 19.4 Å². The second-order valence-corrected chi connectivity index (χ2v) is 7.60. The molecule has 2 bridgehead atoms. The molecule has 0 aromatic carbocycles. The number of carbonyl (C=O) groups excluding carboxylic acids is 1. The van der Waals surface area contributed by atoms with Crippen LogP contribution in [-0.4, -0.2) is 65.0 Å². The van der Waals surface area contributed by atoms with Crippen LogP contribution < -0.4 is 15.8 Å². The van der Waals surface area contributed by atoms with Crippen LogP contribution in [0.5, 0.6) is 0 Å². The fraction of sp³-hybridized carbons (Fsp3) is 0.706. The first-order chi connectivity index (χ1) is 13.0. The van der Waals surface area contributed by atoms with Crippen molar-refractivity contribution in [2.24, 2.45) is 0 Å². The summed E-state index contributed by atoms with van der Waals surface area (Å²) in [5, 5.41) is 16.0. The number of ether oxygens (including phenoxy) is 2. The molecule has 10 heteroatoms. The summed E-state index contributed by atoms with van der Waals surface area (Å²) < 4.78 is 12.4. The topological polar surface area (TPSA) is 106 Å². The van der Waals surface area contributed by atoms with E-state index in [1.54, 1.807) is 0 Å². The van der Waals surface area contributed by atoms with E-state index in [9.17, 15) is 9.59 Å². The quantitative estimate of drug-likeness (QED) is 0.744. The molecule has 27 heavy (non-hydrogen) atoms. The van der Waals surface area contributed by atoms with Crippen LogP contribution in [0, 0.1) is 0 Å². The number of amides is 1. The summed E-state index contributed by atoms with van der Waals surface area (Å²) in [4.78, 5) is 26.3. The van der Waals surface area contributed by atoms with Crippen LogP contribution in [0.4, 0.5) is 10.5 Å². The lowest BCUT2D eigenvalue weighted by Crippen LogP contribution is -2.43. The number of hydrogen-bond donors (Lipinski definition) is 2. The van der Waals surface area contributed by atoms with E-state index in [0.29, 0.717) is 25.2 Å². The molecule has 9 nitrogen and oxygen atoms in total. The fourth-order valence-corrected chi connectivity index (χ4v) is 4.37. The molecule has 3 saturated heterocycles. The Bertz CT molecular complexity index is 772. The average molecular weight is 399 g/mol. The predicted octanol–water partition coefficient (Wildman–Crippen LogP) is 0.514. The highest BCUT2D eigenvalue weighted by molar-refractivity contribution is 6.33. The van der Waals surface area contributed by atoms with Crippen molar-refractivity contribution in [3.63, 3.8) is 0 Å². The van der Waals surface area contributed by atoms with E-state index < -0.39 is 11.7 Å². The number of halogens is 1. The lowest BCUT2D eigenvalue weighted by atomic mass is 9.96. The zero-order valence-corrected chi connectivity index (χ0v) is 15.6. The van der Waals surface area contributed by atoms with Gasteiger partial charge in [-0.1, -0.05) is 11.6 Å². The van der Waals surface area contributed by atoms with Gasteiger partial charge in [0.25, 0.3) is 5.56 Å². The van der Waals surface area contributed by atoms with Crippen LogP contribution in [0.2, 0.25) is 5.02 Å². The van der Waals surface area contributed by atoms with Gasteiger partial charge in [0.2, 0.25) is 0 Å². The number of anilines is 1. The lowest BCUT2D eigenvalue weighted by Gasteiger charge is -2.22. The maximum atomic E-state index is 12.2. The maximum absolute atomic E-state index is 12.2. The van der Waals surface area contributed by atoms with Gasteiger partial charge >= 0.3 is 6.09 Å². The molecule has 3 aliphatic rings. The lowest BCUT2D eigenvalue weighted by molar-refractivity contribution is 0.0852. The largest absolute Gasteiger partial charge is 0.444 e. The van der Waals surface area contributed by atoms with Gasteiger partial charge in [-0.15, -0.1) is 0 Å². The number of nitrogens with zero attached hydrogens (tertiary/aromatic N) is 3. The minimum absolute atomic E-state index is 0.0338. The Morgan fingerprint density at radius 3 is 3.00 bits per heavy atom. The SMILES string of the molecule is O=C(NC1CC2CCC1O2)O[C@@H]1CCN(c2cnn(CCO)c(=O)c2Cl)C1. The van der Waals surface area contributed by atoms with Gasteiger partial charge in [0, 0.05) is 13.0 Å². The average Bonchev–Trinajstić information content (AvgIpc) is 3.36. The maximum Gasteiger partial charge on any atom is 0.407 e. The van der Waals surface area contributed by atoms with Crippen molar-refractivity contribution >= 4 is 23.4 Å². The molecule has 148 valence electrons. The predicted molar refractivity (Wildman–Crippen MR) is 97.1 cm³/mol. The Labute approximate surface area is 161 Å². The summed E-state index contributed by atoms with van der Waals surface area (Å²) in [7, 11) is 0. The smallest absolute Gasteiger partial charge is 0.407 e. The van der Waals surface area contributed by atoms with E-state index in [-0.39, 0.29) is 42.5 Å². The number of aliphatic hydroxyl groups excluding tert-OH is 1. The number of aliphatic hydroxyl groups is 1. The van der Waals surface area contributed by atoms with Crippen molar-refractivity contribution in [1.29, 1.82) is 0 Å². The third-order valence-corrected chi connectivity index (χ3v) is 5.80. The second-order valence-electron chi connectivity index (χ2n) is 7.22. The number of carbonyl (C=O) groups is 1. The van der Waals surface area contributed by atoms with Gasteiger partial charge in [-0.25, -0.2) is 9.48 Å².